The first-order valence-corrected chi connectivity index (χ1v) is 11.2. The van der Waals surface area contributed by atoms with Crippen LogP contribution in [0.3, 0.4) is 0 Å². The second-order valence-corrected chi connectivity index (χ2v) is 9.61. The average Bonchev–Trinajstić information content (AvgIpc) is 2.67. The molecular formula is C20H29NO5S. The summed E-state index contributed by atoms with van der Waals surface area (Å²) in [5, 5.41) is 12.4. The van der Waals surface area contributed by atoms with Crippen LogP contribution in [0.2, 0.25) is 0 Å². The van der Waals surface area contributed by atoms with Gasteiger partial charge in [0.05, 0.1) is 10.6 Å². The Balaban J connectivity index is 1.94. The van der Waals surface area contributed by atoms with Crippen molar-refractivity contribution in [1.82, 2.24) is 5.32 Å². The van der Waals surface area contributed by atoms with Crippen molar-refractivity contribution >= 4 is 21.7 Å². The Morgan fingerprint density at radius 1 is 1.15 bits per heavy atom. The maximum Gasteiger partial charge on any atom is 0.329 e. The fourth-order valence-corrected chi connectivity index (χ4v) is 4.47. The minimum atomic E-state index is -3.23. The molecule has 1 fully saturated rings. The van der Waals surface area contributed by atoms with Crippen LogP contribution in [0.25, 0.3) is 0 Å². The summed E-state index contributed by atoms with van der Waals surface area (Å²) in [4.78, 5) is 24.4. The molecule has 27 heavy (non-hydrogen) atoms. The summed E-state index contributed by atoms with van der Waals surface area (Å²) in [5.74, 6) is -0.658. The highest BCUT2D eigenvalue weighted by Gasteiger charge is 2.42. The predicted molar refractivity (Wildman–Crippen MR) is 103 cm³/mol. The first kappa shape index (κ1) is 21.4. The van der Waals surface area contributed by atoms with Crippen molar-refractivity contribution in [3.8, 4) is 0 Å². The van der Waals surface area contributed by atoms with Gasteiger partial charge in [0.2, 0.25) is 5.91 Å². The number of aliphatic carboxylic acids is 1. The predicted octanol–water partition coefficient (Wildman–Crippen LogP) is 2.95. The van der Waals surface area contributed by atoms with E-state index >= 15 is 0 Å². The second kappa shape index (κ2) is 8.87. The molecule has 0 saturated heterocycles. The van der Waals surface area contributed by atoms with E-state index in [0.29, 0.717) is 25.2 Å². The lowest BCUT2D eigenvalue weighted by atomic mass is 9.75. The molecule has 0 bridgehead atoms. The van der Waals surface area contributed by atoms with Gasteiger partial charge in [-0.2, -0.15) is 0 Å². The van der Waals surface area contributed by atoms with Crippen molar-refractivity contribution in [2.75, 3.05) is 5.75 Å². The van der Waals surface area contributed by atoms with E-state index in [1.165, 1.54) is 0 Å². The highest BCUT2D eigenvalue weighted by molar-refractivity contribution is 7.91. The number of benzene rings is 1. The van der Waals surface area contributed by atoms with Gasteiger partial charge in [0, 0.05) is 6.42 Å². The van der Waals surface area contributed by atoms with Gasteiger partial charge >= 0.3 is 5.97 Å². The molecule has 0 radical (unpaired) electrons. The number of hydrogen-bond donors (Lipinski definition) is 2. The molecule has 0 heterocycles. The highest BCUT2D eigenvalue weighted by atomic mass is 32.2. The monoisotopic (exact) mass is 395 g/mol. The molecular weight excluding hydrogens is 366 g/mol. The number of amides is 1. The van der Waals surface area contributed by atoms with Crippen molar-refractivity contribution in [1.29, 1.82) is 0 Å². The van der Waals surface area contributed by atoms with Crippen LogP contribution in [0.4, 0.5) is 0 Å². The van der Waals surface area contributed by atoms with E-state index in [1.54, 1.807) is 31.2 Å². The van der Waals surface area contributed by atoms with E-state index in [-0.39, 0.29) is 23.0 Å². The molecule has 0 aliphatic heterocycles. The van der Waals surface area contributed by atoms with Crippen LogP contribution in [0.15, 0.2) is 29.2 Å². The van der Waals surface area contributed by atoms with Gasteiger partial charge in [-0.15, -0.1) is 0 Å². The zero-order valence-electron chi connectivity index (χ0n) is 16.0. The van der Waals surface area contributed by atoms with Gasteiger partial charge in [0.15, 0.2) is 9.84 Å². The molecule has 1 aromatic carbocycles. The van der Waals surface area contributed by atoms with Crippen molar-refractivity contribution in [3.05, 3.63) is 29.8 Å². The number of nitrogens with one attached hydrogen (secondary N) is 1. The smallest absolute Gasteiger partial charge is 0.329 e. The summed E-state index contributed by atoms with van der Waals surface area (Å²) in [7, 11) is -3.23. The Kier molecular flexibility index (Phi) is 7.03. The standard InChI is InChI=1S/C20H29NO5S/c1-3-15-11-13-20(14-12-15,19(23)24)21-18(22)10-7-16-5-8-17(9-6-16)27(25,26)4-2/h5-6,8-9,15H,3-4,7,10-14H2,1-2H3,(H,21,22)(H,23,24). The molecule has 1 saturated carbocycles. The fourth-order valence-electron chi connectivity index (χ4n) is 3.59. The number of sulfone groups is 1. The first-order chi connectivity index (χ1) is 12.7. The minimum absolute atomic E-state index is 0.0465. The van der Waals surface area contributed by atoms with E-state index in [2.05, 4.69) is 12.2 Å². The van der Waals surface area contributed by atoms with Gasteiger partial charge in [-0.25, -0.2) is 13.2 Å². The summed E-state index contributed by atoms with van der Waals surface area (Å²) < 4.78 is 23.6. The second-order valence-electron chi connectivity index (χ2n) is 7.33. The topological polar surface area (TPSA) is 101 Å². The van der Waals surface area contributed by atoms with E-state index in [9.17, 15) is 23.1 Å². The molecule has 1 aliphatic rings. The zero-order valence-corrected chi connectivity index (χ0v) is 16.8. The quantitative estimate of drug-likeness (QED) is 0.705. The lowest BCUT2D eigenvalue weighted by molar-refractivity contribution is -0.149. The van der Waals surface area contributed by atoms with Crippen LogP contribution in [-0.2, 0) is 25.8 Å². The molecule has 0 atom stereocenters. The van der Waals surface area contributed by atoms with Crippen LogP contribution in [0.1, 0.15) is 57.9 Å². The van der Waals surface area contributed by atoms with Gasteiger partial charge in [0.1, 0.15) is 5.54 Å². The van der Waals surface area contributed by atoms with Crippen LogP contribution < -0.4 is 5.32 Å². The molecule has 1 aromatic rings. The number of carbonyl (C=O) groups excluding carboxylic acids is 1. The Morgan fingerprint density at radius 3 is 2.22 bits per heavy atom. The molecule has 6 nitrogen and oxygen atoms in total. The normalized spacial score (nSPS) is 23.0. The van der Waals surface area contributed by atoms with Gasteiger partial charge in [-0.1, -0.05) is 32.4 Å². The summed E-state index contributed by atoms with van der Waals surface area (Å²) in [5.41, 5.74) is -0.304. The van der Waals surface area contributed by atoms with Crippen molar-refractivity contribution in [2.45, 2.75) is 69.2 Å². The summed E-state index contributed by atoms with van der Waals surface area (Å²) in [6, 6.07) is 6.51. The largest absolute Gasteiger partial charge is 0.480 e. The molecule has 1 aliphatic carbocycles. The van der Waals surface area contributed by atoms with E-state index in [1.807, 2.05) is 0 Å². The van der Waals surface area contributed by atoms with Crippen LogP contribution in [0, 0.1) is 5.92 Å². The van der Waals surface area contributed by atoms with Crippen LogP contribution >= 0.6 is 0 Å². The Labute approximate surface area is 161 Å². The third kappa shape index (κ3) is 5.31. The molecule has 0 aromatic heterocycles. The number of aryl methyl sites for hydroxylation is 1. The lowest BCUT2D eigenvalue weighted by Gasteiger charge is -2.37. The number of hydrogen-bond acceptors (Lipinski definition) is 4. The number of carboxylic acid groups (broad SMARTS) is 1. The molecule has 0 unspecified atom stereocenters. The number of carboxylic acids is 1. The number of carbonyl (C=O) groups is 2. The van der Waals surface area contributed by atoms with E-state index < -0.39 is 21.3 Å². The maximum atomic E-state index is 12.3. The summed E-state index contributed by atoms with van der Waals surface area (Å²) in [6.45, 7) is 3.70. The average molecular weight is 396 g/mol. The van der Waals surface area contributed by atoms with Crippen molar-refractivity contribution in [2.24, 2.45) is 5.92 Å². The molecule has 0 spiro atoms. The van der Waals surface area contributed by atoms with Crippen molar-refractivity contribution < 1.29 is 23.1 Å². The van der Waals surface area contributed by atoms with Crippen molar-refractivity contribution in [3.63, 3.8) is 0 Å². The van der Waals surface area contributed by atoms with Crippen LogP contribution in [0.5, 0.6) is 0 Å². The Hall–Kier alpha value is -1.89. The minimum Gasteiger partial charge on any atom is -0.480 e. The molecule has 2 N–H and O–H groups in total. The summed E-state index contributed by atoms with van der Waals surface area (Å²) >= 11 is 0. The molecule has 150 valence electrons. The Morgan fingerprint density at radius 2 is 1.74 bits per heavy atom. The Bertz CT molecular complexity index is 762. The zero-order chi connectivity index (χ0) is 20.1. The van der Waals surface area contributed by atoms with E-state index in [0.717, 1.165) is 24.8 Å². The van der Waals surface area contributed by atoms with Gasteiger partial charge in [0.25, 0.3) is 0 Å². The number of rotatable bonds is 8. The lowest BCUT2D eigenvalue weighted by Crippen LogP contribution is -2.56. The first-order valence-electron chi connectivity index (χ1n) is 9.58. The van der Waals surface area contributed by atoms with Gasteiger partial charge < -0.3 is 10.4 Å². The SMILES string of the molecule is CCC1CCC(NC(=O)CCc2ccc(S(=O)(=O)CC)cc2)(C(=O)O)CC1. The highest BCUT2D eigenvalue weighted by Crippen LogP contribution is 2.34. The molecule has 2 rings (SSSR count). The van der Waals surface area contributed by atoms with Gasteiger partial charge in [-0.05, 0) is 55.7 Å². The molecule has 1 amide bonds. The third-order valence-corrected chi connectivity index (χ3v) is 7.38. The van der Waals surface area contributed by atoms with Gasteiger partial charge in [-0.3, -0.25) is 4.79 Å². The summed E-state index contributed by atoms with van der Waals surface area (Å²) in [6.07, 6.45) is 4.21. The fraction of sp³-hybridized carbons (Fsp3) is 0.600. The van der Waals surface area contributed by atoms with Crippen LogP contribution in [-0.4, -0.2) is 36.7 Å². The third-order valence-electron chi connectivity index (χ3n) is 5.63. The molecule has 7 heteroatoms. The van der Waals surface area contributed by atoms with E-state index in [4.69, 9.17) is 0 Å². The maximum absolute atomic E-state index is 12.3.